The van der Waals surface area contributed by atoms with Crippen LogP contribution in [-0.2, 0) is 19.0 Å². The van der Waals surface area contributed by atoms with Crippen LogP contribution in [0.3, 0.4) is 0 Å². The van der Waals surface area contributed by atoms with Crippen molar-refractivity contribution in [3.63, 3.8) is 0 Å². The van der Waals surface area contributed by atoms with Crippen LogP contribution < -0.4 is 5.32 Å². The molecule has 1 aromatic carbocycles. The maximum absolute atomic E-state index is 13.7. The largest absolute Gasteiger partial charge is 0.379 e. The second-order valence-corrected chi connectivity index (χ2v) is 7.43. The highest BCUT2D eigenvalue weighted by Crippen LogP contribution is 2.22. The Morgan fingerprint density at radius 2 is 2.14 bits per heavy atom. The van der Waals surface area contributed by atoms with Gasteiger partial charge in [-0.3, -0.25) is 9.69 Å². The zero-order valence-corrected chi connectivity index (χ0v) is 16.6. The molecule has 0 radical (unpaired) electrons. The van der Waals surface area contributed by atoms with Crippen molar-refractivity contribution >= 4 is 5.91 Å². The van der Waals surface area contributed by atoms with E-state index in [1.807, 2.05) is 6.07 Å². The number of benzene rings is 1. The van der Waals surface area contributed by atoms with Crippen LogP contribution in [-0.4, -0.2) is 69.1 Å². The topological polar surface area (TPSA) is 60.0 Å². The van der Waals surface area contributed by atoms with Gasteiger partial charge < -0.3 is 19.5 Å². The lowest BCUT2D eigenvalue weighted by molar-refractivity contribution is -0.135. The summed E-state index contributed by atoms with van der Waals surface area (Å²) in [4.78, 5) is 14.7. The lowest BCUT2D eigenvalue weighted by Crippen LogP contribution is -2.45. The number of morpholine rings is 1. The van der Waals surface area contributed by atoms with Crippen molar-refractivity contribution in [2.45, 2.75) is 44.4 Å². The van der Waals surface area contributed by atoms with Gasteiger partial charge in [0.2, 0.25) is 5.91 Å². The highest BCUT2D eigenvalue weighted by atomic mass is 19.1. The van der Waals surface area contributed by atoms with E-state index in [2.05, 4.69) is 10.2 Å². The highest BCUT2D eigenvalue weighted by Gasteiger charge is 2.25. The Morgan fingerprint density at radius 3 is 2.86 bits per heavy atom. The summed E-state index contributed by atoms with van der Waals surface area (Å²) in [5.41, 5.74) is 0.853. The van der Waals surface area contributed by atoms with Crippen molar-refractivity contribution in [3.8, 4) is 0 Å². The Bertz CT molecular complexity index is 618. The van der Waals surface area contributed by atoms with Crippen LogP contribution in [0, 0.1) is 5.82 Å². The molecule has 3 rings (SSSR count). The monoisotopic (exact) mass is 394 g/mol. The molecule has 0 spiro atoms. The zero-order chi connectivity index (χ0) is 19.8. The van der Waals surface area contributed by atoms with E-state index in [-0.39, 0.29) is 23.9 Å². The maximum atomic E-state index is 13.7. The van der Waals surface area contributed by atoms with Crippen molar-refractivity contribution in [3.05, 3.63) is 35.6 Å². The first-order valence-electron chi connectivity index (χ1n) is 10.2. The number of hydrogen-bond donors (Lipinski definition) is 1. The van der Waals surface area contributed by atoms with Gasteiger partial charge in [0.15, 0.2) is 0 Å². The van der Waals surface area contributed by atoms with E-state index >= 15 is 0 Å². The Labute approximate surface area is 166 Å². The molecule has 0 saturated carbocycles. The summed E-state index contributed by atoms with van der Waals surface area (Å²) in [6.07, 6.45) is 2.74. The number of ether oxygens (including phenoxy) is 3. The molecule has 1 amide bonds. The van der Waals surface area contributed by atoms with Crippen LogP contribution in [0.25, 0.3) is 0 Å². The fourth-order valence-electron chi connectivity index (χ4n) is 3.67. The molecule has 156 valence electrons. The minimum Gasteiger partial charge on any atom is -0.379 e. The van der Waals surface area contributed by atoms with Crippen molar-refractivity contribution in [2.75, 3.05) is 46.1 Å². The average Bonchev–Trinajstić information content (AvgIpc) is 2.73. The van der Waals surface area contributed by atoms with Gasteiger partial charge in [0.05, 0.1) is 32.0 Å². The van der Waals surface area contributed by atoms with Crippen molar-refractivity contribution in [1.82, 2.24) is 10.2 Å². The Balaban J connectivity index is 1.53. The third-order valence-electron chi connectivity index (χ3n) is 5.36. The van der Waals surface area contributed by atoms with Gasteiger partial charge in [-0.1, -0.05) is 12.1 Å². The number of carbonyl (C=O) groups is 1. The van der Waals surface area contributed by atoms with Gasteiger partial charge in [-0.25, -0.2) is 4.39 Å². The standard InChI is InChI=1S/C21H31FN2O4/c1-16(28-15-19-7-2-3-10-27-19)21(25)23-14-20(24-8-11-26-12-9-24)17-5-4-6-18(22)13-17/h4-6,13,16,19-20H,2-3,7-12,14-15H2,1H3,(H,23,25). The summed E-state index contributed by atoms with van der Waals surface area (Å²) in [7, 11) is 0. The summed E-state index contributed by atoms with van der Waals surface area (Å²) in [5.74, 6) is -0.434. The average molecular weight is 394 g/mol. The highest BCUT2D eigenvalue weighted by molar-refractivity contribution is 5.80. The maximum Gasteiger partial charge on any atom is 0.248 e. The first-order chi connectivity index (χ1) is 13.6. The smallest absolute Gasteiger partial charge is 0.248 e. The van der Waals surface area contributed by atoms with Crippen LogP contribution in [0.15, 0.2) is 24.3 Å². The van der Waals surface area contributed by atoms with Gasteiger partial charge in [-0.2, -0.15) is 0 Å². The Kier molecular flexibility index (Phi) is 8.21. The van der Waals surface area contributed by atoms with E-state index in [4.69, 9.17) is 14.2 Å². The van der Waals surface area contributed by atoms with E-state index < -0.39 is 6.10 Å². The molecule has 2 fully saturated rings. The normalized spacial score (nSPS) is 23.1. The summed E-state index contributed by atoms with van der Waals surface area (Å²) >= 11 is 0. The second kappa shape index (κ2) is 10.9. The van der Waals surface area contributed by atoms with Crippen LogP contribution in [0.2, 0.25) is 0 Å². The fraction of sp³-hybridized carbons (Fsp3) is 0.667. The molecule has 2 aliphatic rings. The summed E-state index contributed by atoms with van der Waals surface area (Å²) in [6.45, 7) is 6.14. The first-order valence-corrected chi connectivity index (χ1v) is 10.2. The first kappa shape index (κ1) is 21.2. The van der Waals surface area contributed by atoms with Crippen molar-refractivity contribution < 1.29 is 23.4 Å². The van der Waals surface area contributed by atoms with Crippen LogP contribution in [0.1, 0.15) is 37.8 Å². The number of carbonyl (C=O) groups excluding carboxylic acids is 1. The lowest BCUT2D eigenvalue weighted by Gasteiger charge is -2.35. The fourth-order valence-corrected chi connectivity index (χ4v) is 3.67. The molecule has 2 aliphatic heterocycles. The molecule has 2 heterocycles. The van der Waals surface area contributed by atoms with Gasteiger partial charge in [0, 0.05) is 26.2 Å². The number of amides is 1. The zero-order valence-electron chi connectivity index (χ0n) is 16.6. The molecule has 2 saturated heterocycles. The molecule has 0 aliphatic carbocycles. The van der Waals surface area contributed by atoms with Gasteiger partial charge in [-0.15, -0.1) is 0 Å². The van der Waals surface area contributed by atoms with Crippen LogP contribution >= 0.6 is 0 Å². The SMILES string of the molecule is CC(OCC1CCCCO1)C(=O)NCC(c1cccc(F)c1)N1CCOCC1. The minimum atomic E-state index is -0.552. The summed E-state index contributed by atoms with van der Waals surface area (Å²) in [5, 5.41) is 2.98. The van der Waals surface area contributed by atoms with E-state index in [1.54, 1.807) is 13.0 Å². The molecular formula is C21H31FN2O4. The number of nitrogens with one attached hydrogen (secondary N) is 1. The predicted octanol–water partition coefficient (Wildman–Crippen LogP) is 2.29. The molecule has 0 bridgehead atoms. The van der Waals surface area contributed by atoms with E-state index in [1.165, 1.54) is 12.1 Å². The van der Waals surface area contributed by atoms with E-state index in [0.717, 1.165) is 44.5 Å². The van der Waals surface area contributed by atoms with E-state index in [0.29, 0.717) is 26.4 Å². The summed E-state index contributed by atoms with van der Waals surface area (Å²) < 4.78 is 30.5. The lowest BCUT2D eigenvalue weighted by atomic mass is 10.0. The van der Waals surface area contributed by atoms with Gasteiger partial charge in [0.1, 0.15) is 11.9 Å². The molecular weight excluding hydrogens is 363 g/mol. The summed E-state index contributed by atoms with van der Waals surface area (Å²) in [6, 6.07) is 6.47. The van der Waals surface area contributed by atoms with Gasteiger partial charge in [-0.05, 0) is 43.9 Å². The molecule has 6 nitrogen and oxygen atoms in total. The van der Waals surface area contributed by atoms with E-state index in [9.17, 15) is 9.18 Å². The number of hydrogen-bond acceptors (Lipinski definition) is 5. The molecule has 1 N–H and O–H groups in total. The molecule has 7 heteroatoms. The van der Waals surface area contributed by atoms with Crippen molar-refractivity contribution in [2.24, 2.45) is 0 Å². The van der Waals surface area contributed by atoms with Gasteiger partial charge >= 0.3 is 0 Å². The third kappa shape index (κ3) is 6.24. The molecule has 28 heavy (non-hydrogen) atoms. The Hall–Kier alpha value is -1.54. The Morgan fingerprint density at radius 1 is 1.32 bits per heavy atom. The predicted molar refractivity (Wildman–Crippen MR) is 104 cm³/mol. The van der Waals surface area contributed by atoms with Crippen LogP contribution in [0.5, 0.6) is 0 Å². The third-order valence-corrected chi connectivity index (χ3v) is 5.36. The molecule has 0 aromatic heterocycles. The molecule has 3 unspecified atom stereocenters. The van der Waals surface area contributed by atoms with Gasteiger partial charge in [0.25, 0.3) is 0 Å². The second-order valence-electron chi connectivity index (χ2n) is 7.43. The van der Waals surface area contributed by atoms with Crippen LogP contribution in [0.4, 0.5) is 4.39 Å². The van der Waals surface area contributed by atoms with Crippen molar-refractivity contribution in [1.29, 1.82) is 0 Å². The minimum absolute atomic E-state index is 0.0809. The molecule has 1 aromatic rings. The number of rotatable bonds is 8. The quantitative estimate of drug-likeness (QED) is 0.733. The molecule has 3 atom stereocenters. The number of nitrogens with zero attached hydrogens (tertiary/aromatic N) is 1. The number of halogens is 1.